The molecular weight excluding hydrogens is 324 g/mol. The minimum Gasteiger partial charge on any atom is -0.342 e. The number of benzene rings is 1. The molecule has 0 N–H and O–H groups in total. The van der Waals surface area contributed by atoms with Crippen molar-refractivity contribution in [1.29, 1.82) is 0 Å². The highest BCUT2D eigenvalue weighted by molar-refractivity contribution is 7.89. The molecule has 1 heterocycles. The van der Waals surface area contributed by atoms with Crippen LogP contribution in [0.2, 0.25) is 0 Å². The van der Waals surface area contributed by atoms with E-state index in [1.165, 1.54) is 0 Å². The number of carbonyl (C=O) groups is 1. The third-order valence-electron chi connectivity index (χ3n) is 4.68. The Labute approximate surface area is 145 Å². The van der Waals surface area contributed by atoms with Crippen molar-refractivity contribution in [3.8, 4) is 0 Å². The quantitative estimate of drug-likeness (QED) is 0.791. The molecule has 1 aromatic rings. The summed E-state index contributed by atoms with van der Waals surface area (Å²) in [5.74, 6) is 0.509. The molecule has 0 bridgehead atoms. The zero-order chi connectivity index (χ0) is 17.7. The molecular formula is C18H28N2O3S. The standard InChI is InChI=1S/C18H28N2O3S/c1-4-5-12-19(3)18(21)16-6-8-17(9-7-16)24(22,23)20-13-10-15(2)11-14-20/h6-9,15H,4-5,10-14H2,1-3H3. The average molecular weight is 353 g/mol. The second-order valence-electron chi connectivity index (χ2n) is 6.69. The first-order valence-corrected chi connectivity index (χ1v) is 10.2. The summed E-state index contributed by atoms with van der Waals surface area (Å²) in [6, 6.07) is 6.33. The van der Waals surface area contributed by atoms with Crippen LogP contribution in [-0.2, 0) is 10.0 Å². The van der Waals surface area contributed by atoms with Crippen LogP contribution in [0.3, 0.4) is 0 Å². The van der Waals surface area contributed by atoms with Crippen LogP contribution in [-0.4, -0.2) is 50.2 Å². The van der Waals surface area contributed by atoms with E-state index in [0.29, 0.717) is 31.1 Å². The Morgan fingerprint density at radius 1 is 1.21 bits per heavy atom. The first kappa shape index (κ1) is 18.9. The molecule has 0 aliphatic carbocycles. The Bertz CT molecular complexity index is 647. The second kappa shape index (κ2) is 8.12. The molecule has 0 saturated carbocycles. The van der Waals surface area contributed by atoms with Gasteiger partial charge in [-0.3, -0.25) is 4.79 Å². The van der Waals surface area contributed by atoms with Crippen LogP contribution in [0.15, 0.2) is 29.2 Å². The van der Waals surface area contributed by atoms with Crippen LogP contribution in [0.25, 0.3) is 0 Å². The van der Waals surface area contributed by atoms with E-state index in [9.17, 15) is 13.2 Å². The van der Waals surface area contributed by atoms with Gasteiger partial charge in [-0.1, -0.05) is 20.3 Å². The molecule has 1 aromatic carbocycles. The number of amides is 1. The van der Waals surface area contributed by atoms with Gasteiger partial charge in [-0.25, -0.2) is 8.42 Å². The molecule has 1 aliphatic rings. The van der Waals surface area contributed by atoms with Gasteiger partial charge in [0, 0.05) is 32.2 Å². The summed E-state index contributed by atoms with van der Waals surface area (Å²) in [6.45, 7) is 6.09. The van der Waals surface area contributed by atoms with Gasteiger partial charge in [-0.15, -0.1) is 0 Å². The summed E-state index contributed by atoms with van der Waals surface area (Å²) < 4.78 is 26.9. The fraction of sp³-hybridized carbons (Fsp3) is 0.611. The van der Waals surface area contributed by atoms with Crippen molar-refractivity contribution < 1.29 is 13.2 Å². The molecule has 0 unspecified atom stereocenters. The molecule has 24 heavy (non-hydrogen) atoms. The van der Waals surface area contributed by atoms with Gasteiger partial charge in [-0.2, -0.15) is 4.31 Å². The topological polar surface area (TPSA) is 57.7 Å². The molecule has 0 radical (unpaired) electrons. The summed E-state index contributed by atoms with van der Waals surface area (Å²) in [5.41, 5.74) is 0.528. The van der Waals surface area contributed by atoms with Crippen molar-refractivity contribution in [2.45, 2.75) is 44.4 Å². The van der Waals surface area contributed by atoms with E-state index in [1.807, 2.05) is 0 Å². The summed E-state index contributed by atoms with van der Waals surface area (Å²) >= 11 is 0. The maximum absolute atomic E-state index is 12.7. The molecule has 6 heteroatoms. The first-order valence-electron chi connectivity index (χ1n) is 8.72. The van der Waals surface area contributed by atoms with Crippen LogP contribution in [0.4, 0.5) is 0 Å². The van der Waals surface area contributed by atoms with Gasteiger partial charge >= 0.3 is 0 Å². The Hall–Kier alpha value is -1.40. The zero-order valence-corrected chi connectivity index (χ0v) is 15.7. The number of piperidine rings is 1. The van der Waals surface area contributed by atoms with Gasteiger partial charge in [0.25, 0.3) is 5.91 Å². The highest BCUT2D eigenvalue weighted by atomic mass is 32.2. The van der Waals surface area contributed by atoms with Gasteiger partial charge in [0.05, 0.1) is 4.90 Å². The van der Waals surface area contributed by atoms with E-state index in [0.717, 1.165) is 25.7 Å². The lowest BCUT2D eigenvalue weighted by molar-refractivity contribution is 0.0793. The van der Waals surface area contributed by atoms with Crippen molar-refractivity contribution in [1.82, 2.24) is 9.21 Å². The molecule has 2 rings (SSSR count). The number of carbonyl (C=O) groups excluding carboxylic acids is 1. The Morgan fingerprint density at radius 2 is 1.79 bits per heavy atom. The highest BCUT2D eigenvalue weighted by Gasteiger charge is 2.28. The second-order valence-corrected chi connectivity index (χ2v) is 8.63. The fourth-order valence-electron chi connectivity index (χ4n) is 2.86. The average Bonchev–Trinajstić information content (AvgIpc) is 2.59. The largest absolute Gasteiger partial charge is 0.342 e. The molecule has 5 nitrogen and oxygen atoms in total. The summed E-state index contributed by atoms with van der Waals surface area (Å²) in [5, 5.41) is 0. The van der Waals surface area contributed by atoms with Gasteiger partial charge in [-0.05, 0) is 49.4 Å². The summed E-state index contributed by atoms with van der Waals surface area (Å²) in [4.78, 5) is 14.3. The van der Waals surface area contributed by atoms with Crippen LogP contribution in [0, 0.1) is 5.92 Å². The molecule has 1 fully saturated rings. The smallest absolute Gasteiger partial charge is 0.253 e. The van der Waals surface area contributed by atoms with Crippen molar-refractivity contribution >= 4 is 15.9 Å². The van der Waals surface area contributed by atoms with Crippen molar-refractivity contribution in [3.63, 3.8) is 0 Å². The van der Waals surface area contributed by atoms with Gasteiger partial charge < -0.3 is 4.90 Å². The number of sulfonamides is 1. The molecule has 134 valence electrons. The molecule has 1 saturated heterocycles. The Kier molecular flexibility index (Phi) is 6.40. The number of unbranched alkanes of at least 4 members (excludes halogenated alkanes) is 1. The van der Waals surface area contributed by atoms with E-state index < -0.39 is 10.0 Å². The van der Waals surface area contributed by atoms with E-state index in [1.54, 1.807) is 40.5 Å². The number of rotatable bonds is 6. The minimum absolute atomic E-state index is 0.0702. The predicted octanol–water partition coefficient (Wildman–Crippen LogP) is 2.98. The molecule has 0 aromatic heterocycles. The normalized spacial score (nSPS) is 17.0. The number of hydrogen-bond acceptors (Lipinski definition) is 3. The molecule has 1 amide bonds. The van der Waals surface area contributed by atoms with Crippen molar-refractivity contribution in [3.05, 3.63) is 29.8 Å². The van der Waals surface area contributed by atoms with Crippen molar-refractivity contribution in [2.75, 3.05) is 26.7 Å². The lowest BCUT2D eigenvalue weighted by Gasteiger charge is -2.29. The van der Waals surface area contributed by atoms with Gasteiger partial charge in [0.1, 0.15) is 0 Å². The lowest BCUT2D eigenvalue weighted by atomic mass is 10.0. The lowest BCUT2D eigenvalue weighted by Crippen LogP contribution is -2.37. The maximum Gasteiger partial charge on any atom is 0.253 e. The molecule has 0 spiro atoms. The van der Waals surface area contributed by atoms with Crippen LogP contribution >= 0.6 is 0 Å². The monoisotopic (exact) mass is 352 g/mol. The summed E-state index contributed by atoms with van der Waals surface area (Å²) in [7, 11) is -1.68. The first-order chi connectivity index (χ1) is 11.4. The summed E-state index contributed by atoms with van der Waals surface area (Å²) in [6.07, 6.45) is 3.79. The van der Waals surface area contributed by atoms with Crippen LogP contribution in [0.1, 0.15) is 49.9 Å². The molecule has 0 atom stereocenters. The van der Waals surface area contributed by atoms with E-state index in [4.69, 9.17) is 0 Å². The maximum atomic E-state index is 12.7. The van der Waals surface area contributed by atoms with Gasteiger partial charge in [0.15, 0.2) is 0 Å². The van der Waals surface area contributed by atoms with Crippen LogP contribution in [0.5, 0.6) is 0 Å². The minimum atomic E-state index is -3.45. The SMILES string of the molecule is CCCCN(C)C(=O)c1ccc(S(=O)(=O)N2CCC(C)CC2)cc1. The molecule has 1 aliphatic heterocycles. The zero-order valence-electron chi connectivity index (χ0n) is 14.9. The fourth-order valence-corrected chi connectivity index (χ4v) is 4.33. The third-order valence-corrected chi connectivity index (χ3v) is 6.59. The van der Waals surface area contributed by atoms with E-state index in [2.05, 4.69) is 13.8 Å². The van der Waals surface area contributed by atoms with Crippen LogP contribution < -0.4 is 0 Å². The number of hydrogen-bond donors (Lipinski definition) is 0. The van der Waals surface area contributed by atoms with E-state index >= 15 is 0 Å². The third kappa shape index (κ3) is 4.36. The van der Waals surface area contributed by atoms with Gasteiger partial charge in [0.2, 0.25) is 10.0 Å². The van der Waals surface area contributed by atoms with Crippen molar-refractivity contribution in [2.24, 2.45) is 5.92 Å². The Balaban J connectivity index is 2.09. The van der Waals surface area contributed by atoms with E-state index in [-0.39, 0.29) is 10.8 Å². The highest BCUT2D eigenvalue weighted by Crippen LogP contribution is 2.23. The Morgan fingerprint density at radius 3 is 2.33 bits per heavy atom. The predicted molar refractivity (Wildman–Crippen MR) is 95.5 cm³/mol. The number of nitrogens with zero attached hydrogens (tertiary/aromatic N) is 2.